The Morgan fingerprint density at radius 2 is 2.05 bits per heavy atom. The van der Waals surface area contributed by atoms with Crippen LogP contribution in [0.3, 0.4) is 0 Å². The number of aromatic nitrogens is 1. The molecule has 3 nitrogen and oxygen atoms in total. The van der Waals surface area contributed by atoms with Gasteiger partial charge in [0.1, 0.15) is 0 Å². The van der Waals surface area contributed by atoms with Gasteiger partial charge in [0, 0.05) is 23.9 Å². The molecule has 19 heavy (non-hydrogen) atoms. The van der Waals surface area contributed by atoms with Gasteiger partial charge in [-0.25, -0.2) is 13.8 Å². The number of halogens is 2. The van der Waals surface area contributed by atoms with Gasteiger partial charge in [-0.1, -0.05) is 6.42 Å². The Labute approximate surface area is 116 Å². The van der Waals surface area contributed by atoms with Crippen LogP contribution < -0.4 is 10.6 Å². The molecule has 2 unspecified atom stereocenters. The van der Waals surface area contributed by atoms with Crippen LogP contribution in [0.1, 0.15) is 26.2 Å². The zero-order chi connectivity index (χ0) is 13.8. The van der Waals surface area contributed by atoms with Gasteiger partial charge < -0.3 is 10.6 Å². The molecule has 1 fully saturated rings. The van der Waals surface area contributed by atoms with Gasteiger partial charge in [-0.05, 0) is 26.0 Å². The normalized spacial score (nSPS) is 22.5. The molecule has 2 N–H and O–H groups in total. The van der Waals surface area contributed by atoms with E-state index in [0.29, 0.717) is 11.8 Å². The SMILES string of the molecule is CCNc1nc(NC2CCCC2SC)c(F)cc1F. The summed E-state index contributed by atoms with van der Waals surface area (Å²) in [6.07, 6.45) is 5.32. The molecule has 6 heteroatoms. The van der Waals surface area contributed by atoms with E-state index in [1.807, 2.05) is 6.92 Å². The first-order chi connectivity index (χ1) is 9.15. The Balaban J connectivity index is 2.17. The number of rotatable bonds is 5. The van der Waals surface area contributed by atoms with E-state index in [1.165, 1.54) is 0 Å². The van der Waals surface area contributed by atoms with E-state index in [0.717, 1.165) is 25.3 Å². The maximum absolute atomic E-state index is 13.8. The van der Waals surface area contributed by atoms with Crippen LogP contribution >= 0.6 is 11.8 Å². The average Bonchev–Trinajstić information content (AvgIpc) is 2.82. The van der Waals surface area contributed by atoms with E-state index in [2.05, 4.69) is 21.9 Å². The summed E-state index contributed by atoms with van der Waals surface area (Å²) < 4.78 is 27.2. The minimum Gasteiger partial charge on any atom is -0.368 e. The fourth-order valence-corrected chi connectivity index (χ4v) is 3.34. The molecule has 0 amide bonds. The molecule has 0 radical (unpaired) electrons. The fourth-order valence-electron chi connectivity index (χ4n) is 2.41. The number of anilines is 2. The smallest absolute Gasteiger partial charge is 0.168 e. The molecule has 0 saturated heterocycles. The van der Waals surface area contributed by atoms with Crippen molar-refractivity contribution < 1.29 is 8.78 Å². The van der Waals surface area contributed by atoms with Crippen molar-refractivity contribution in [3.05, 3.63) is 17.7 Å². The predicted molar refractivity (Wildman–Crippen MR) is 76.9 cm³/mol. The third-order valence-corrected chi connectivity index (χ3v) is 4.52. The monoisotopic (exact) mass is 287 g/mol. The van der Waals surface area contributed by atoms with Gasteiger partial charge >= 0.3 is 0 Å². The summed E-state index contributed by atoms with van der Waals surface area (Å²) in [6, 6.07) is 1.09. The lowest BCUT2D eigenvalue weighted by atomic mass is 10.2. The second-order valence-electron chi connectivity index (χ2n) is 4.64. The molecule has 1 saturated carbocycles. The minimum absolute atomic E-state index is 0.102. The Bertz CT molecular complexity index is 442. The van der Waals surface area contributed by atoms with Crippen LogP contribution in [0, 0.1) is 11.6 Å². The predicted octanol–water partition coefficient (Wildman–Crippen LogP) is 3.49. The van der Waals surface area contributed by atoms with E-state index in [1.54, 1.807) is 11.8 Å². The van der Waals surface area contributed by atoms with Crippen molar-refractivity contribution in [2.24, 2.45) is 0 Å². The first-order valence-electron chi connectivity index (χ1n) is 6.55. The molecule has 0 aliphatic heterocycles. The summed E-state index contributed by atoms with van der Waals surface area (Å²) in [5.41, 5.74) is 0. The largest absolute Gasteiger partial charge is 0.368 e. The van der Waals surface area contributed by atoms with Gasteiger partial charge in [0.15, 0.2) is 23.3 Å². The molecule has 0 spiro atoms. The average molecular weight is 287 g/mol. The van der Waals surface area contributed by atoms with Gasteiger partial charge in [0.2, 0.25) is 0 Å². The Hall–Kier alpha value is -1.04. The van der Waals surface area contributed by atoms with Crippen molar-refractivity contribution in [2.75, 3.05) is 23.4 Å². The zero-order valence-corrected chi connectivity index (χ0v) is 12.0. The number of hydrogen-bond donors (Lipinski definition) is 2. The van der Waals surface area contributed by atoms with Crippen molar-refractivity contribution >= 4 is 23.4 Å². The van der Waals surface area contributed by atoms with E-state index in [4.69, 9.17) is 0 Å². The summed E-state index contributed by atoms with van der Waals surface area (Å²) in [7, 11) is 0. The third kappa shape index (κ3) is 3.29. The fraction of sp³-hybridized carbons (Fsp3) is 0.615. The summed E-state index contributed by atoms with van der Waals surface area (Å²) in [6.45, 7) is 2.39. The summed E-state index contributed by atoms with van der Waals surface area (Å²) in [5, 5.41) is 6.38. The van der Waals surface area contributed by atoms with Crippen molar-refractivity contribution in [1.29, 1.82) is 0 Å². The number of nitrogens with one attached hydrogen (secondary N) is 2. The van der Waals surface area contributed by atoms with Crippen LogP contribution in [0.2, 0.25) is 0 Å². The molecular formula is C13H19F2N3S. The minimum atomic E-state index is -0.655. The van der Waals surface area contributed by atoms with E-state index in [-0.39, 0.29) is 17.7 Å². The van der Waals surface area contributed by atoms with Crippen molar-refractivity contribution in [3.8, 4) is 0 Å². The summed E-state index contributed by atoms with van der Waals surface area (Å²) in [5.74, 6) is -1.04. The van der Waals surface area contributed by atoms with Crippen LogP contribution in [0.25, 0.3) is 0 Å². The first kappa shape index (κ1) is 14.4. The Morgan fingerprint density at radius 1 is 1.32 bits per heavy atom. The van der Waals surface area contributed by atoms with E-state index >= 15 is 0 Å². The van der Waals surface area contributed by atoms with Gasteiger partial charge in [-0.2, -0.15) is 11.8 Å². The lowest BCUT2D eigenvalue weighted by molar-refractivity contribution is 0.575. The van der Waals surface area contributed by atoms with Gasteiger partial charge in [-0.15, -0.1) is 0 Å². The molecule has 2 atom stereocenters. The molecule has 1 aliphatic carbocycles. The molecule has 0 bridgehead atoms. The summed E-state index contributed by atoms with van der Waals surface area (Å²) in [4.78, 5) is 4.01. The molecule has 1 heterocycles. The van der Waals surface area contributed by atoms with Gasteiger partial charge in [-0.3, -0.25) is 0 Å². The molecule has 2 rings (SSSR count). The Kier molecular flexibility index (Phi) is 4.85. The highest BCUT2D eigenvalue weighted by Gasteiger charge is 2.27. The molecule has 1 aromatic rings. The zero-order valence-electron chi connectivity index (χ0n) is 11.2. The lowest BCUT2D eigenvalue weighted by Crippen LogP contribution is -2.27. The molecule has 0 aromatic carbocycles. The topological polar surface area (TPSA) is 37.0 Å². The van der Waals surface area contributed by atoms with Crippen molar-refractivity contribution in [2.45, 2.75) is 37.5 Å². The van der Waals surface area contributed by atoms with Crippen LogP contribution in [0.15, 0.2) is 6.07 Å². The van der Waals surface area contributed by atoms with Gasteiger partial charge in [0.05, 0.1) is 0 Å². The second-order valence-corrected chi connectivity index (χ2v) is 5.71. The highest BCUT2D eigenvalue weighted by molar-refractivity contribution is 7.99. The number of hydrogen-bond acceptors (Lipinski definition) is 4. The van der Waals surface area contributed by atoms with E-state index in [9.17, 15) is 8.78 Å². The van der Waals surface area contributed by atoms with Crippen molar-refractivity contribution in [3.63, 3.8) is 0 Å². The highest BCUT2D eigenvalue weighted by atomic mass is 32.2. The van der Waals surface area contributed by atoms with E-state index < -0.39 is 11.6 Å². The standard InChI is InChI=1S/C13H19F2N3S/c1-3-16-12-8(14)7-9(15)13(18-12)17-10-5-4-6-11(10)19-2/h7,10-11H,3-6H2,1-2H3,(H2,16,17,18). The summed E-state index contributed by atoms with van der Waals surface area (Å²) >= 11 is 1.78. The molecule has 106 valence electrons. The number of nitrogens with zero attached hydrogens (tertiary/aromatic N) is 1. The number of thioether (sulfide) groups is 1. The van der Waals surface area contributed by atoms with Crippen LogP contribution in [0.4, 0.5) is 20.4 Å². The quantitative estimate of drug-likeness (QED) is 0.869. The maximum atomic E-state index is 13.8. The maximum Gasteiger partial charge on any atom is 0.168 e. The van der Waals surface area contributed by atoms with Crippen LogP contribution in [-0.4, -0.2) is 29.1 Å². The Morgan fingerprint density at radius 3 is 2.74 bits per heavy atom. The van der Waals surface area contributed by atoms with Gasteiger partial charge in [0.25, 0.3) is 0 Å². The van der Waals surface area contributed by atoms with Crippen LogP contribution in [0.5, 0.6) is 0 Å². The first-order valence-corrected chi connectivity index (χ1v) is 7.83. The third-order valence-electron chi connectivity index (χ3n) is 3.35. The lowest BCUT2D eigenvalue weighted by Gasteiger charge is -2.20. The highest BCUT2D eigenvalue weighted by Crippen LogP contribution is 2.31. The number of pyridine rings is 1. The van der Waals surface area contributed by atoms with Crippen molar-refractivity contribution in [1.82, 2.24) is 4.98 Å². The van der Waals surface area contributed by atoms with Crippen LogP contribution in [-0.2, 0) is 0 Å². The molecule has 1 aliphatic rings. The molecular weight excluding hydrogens is 268 g/mol. The second kappa shape index (κ2) is 6.41. The molecule has 1 aromatic heterocycles.